The molecule has 1 unspecified atom stereocenters. The van der Waals surface area contributed by atoms with Crippen LogP contribution in [0.5, 0.6) is 0 Å². The molecule has 2 heteroatoms. The molecular weight excluding hydrogens is 177 g/mol. The molecule has 1 atom stereocenters. The first-order chi connectivity index (χ1) is 6.65. The quantitative estimate of drug-likeness (QED) is 0.783. The zero-order valence-electron chi connectivity index (χ0n) is 8.89. The van der Waals surface area contributed by atoms with Gasteiger partial charge in [0.15, 0.2) is 0 Å². The molecule has 0 aliphatic carbocycles. The van der Waals surface area contributed by atoms with Crippen molar-refractivity contribution < 1.29 is 4.39 Å². The molecule has 0 saturated heterocycles. The Morgan fingerprint density at radius 3 is 2.71 bits per heavy atom. The Bertz CT molecular complexity index is 296. The highest BCUT2D eigenvalue weighted by Gasteiger charge is 2.06. The molecule has 0 fully saturated rings. The Morgan fingerprint density at radius 1 is 1.43 bits per heavy atom. The number of nitrogens with two attached hydrogens (primary N) is 1. The van der Waals surface area contributed by atoms with E-state index in [-0.39, 0.29) is 11.9 Å². The summed E-state index contributed by atoms with van der Waals surface area (Å²) in [5.74, 6) is -0.156. The maximum Gasteiger partial charge on any atom is 0.126 e. The summed E-state index contributed by atoms with van der Waals surface area (Å²) in [5.41, 5.74) is 7.69. The predicted molar refractivity (Wildman–Crippen MR) is 57.6 cm³/mol. The largest absolute Gasteiger partial charge is 0.324 e. The van der Waals surface area contributed by atoms with Crippen LogP contribution in [-0.4, -0.2) is 0 Å². The maximum absolute atomic E-state index is 13.0. The molecule has 1 rings (SSSR count). The molecule has 0 saturated carbocycles. The van der Waals surface area contributed by atoms with Crippen LogP contribution in [0.2, 0.25) is 0 Å². The van der Waals surface area contributed by atoms with Gasteiger partial charge >= 0.3 is 0 Å². The molecule has 0 amide bonds. The Balaban J connectivity index is 2.70. The zero-order valence-corrected chi connectivity index (χ0v) is 8.89. The van der Waals surface area contributed by atoms with Crippen LogP contribution in [0.3, 0.4) is 0 Å². The van der Waals surface area contributed by atoms with E-state index in [2.05, 4.69) is 6.92 Å². The highest BCUT2D eigenvalue weighted by Crippen LogP contribution is 2.19. The predicted octanol–water partition coefficient (Wildman–Crippen LogP) is 3.32. The van der Waals surface area contributed by atoms with Crippen molar-refractivity contribution in [2.75, 3.05) is 0 Å². The molecule has 0 radical (unpaired) electrons. The maximum atomic E-state index is 13.0. The van der Waals surface area contributed by atoms with Crippen molar-refractivity contribution >= 4 is 0 Å². The van der Waals surface area contributed by atoms with Gasteiger partial charge in [0.1, 0.15) is 5.82 Å². The van der Waals surface area contributed by atoms with Gasteiger partial charge in [-0.25, -0.2) is 4.39 Å². The third-order valence-electron chi connectivity index (χ3n) is 2.48. The second-order valence-corrected chi connectivity index (χ2v) is 3.76. The van der Waals surface area contributed by atoms with E-state index in [1.54, 1.807) is 13.0 Å². The smallest absolute Gasteiger partial charge is 0.126 e. The molecule has 0 bridgehead atoms. The second-order valence-electron chi connectivity index (χ2n) is 3.76. The van der Waals surface area contributed by atoms with Gasteiger partial charge in [-0.1, -0.05) is 31.9 Å². The van der Waals surface area contributed by atoms with Crippen molar-refractivity contribution in [1.29, 1.82) is 0 Å². The van der Waals surface area contributed by atoms with E-state index in [4.69, 9.17) is 5.73 Å². The van der Waals surface area contributed by atoms with Crippen LogP contribution < -0.4 is 5.73 Å². The molecule has 14 heavy (non-hydrogen) atoms. The molecular formula is C12H18FN. The summed E-state index contributed by atoms with van der Waals surface area (Å²) >= 11 is 0. The second kappa shape index (κ2) is 5.11. The van der Waals surface area contributed by atoms with Crippen LogP contribution in [0.15, 0.2) is 18.2 Å². The van der Waals surface area contributed by atoms with E-state index in [0.717, 1.165) is 24.8 Å². The van der Waals surface area contributed by atoms with Gasteiger partial charge in [0.2, 0.25) is 0 Å². The Kier molecular flexibility index (Phi) is 4.08. The lowest BCUT2D eigenvalue weighted by Crippen LogP contribution is -2.10. The van der Waals surface area contributed by atoms with Crippen molar-refractivity contribution in [3.05, 3.63) is 35.1 Å². The first kappa shape index (κ1) is 11.2. The van der Waals surface area contributed by atoms with Crippen LogP contribution in [-0.2, 0) is 0 Å². The summed E-state index contributed by atoms with van der Waals surface area (Å²) in [6, 6.07) is 5.17. The van der Waals surface area contributed by atoms with E-state index in [1.807, 2.05) is 6.07 Å². The Labute approximate surface area is 85.1 Å². The van der Waals surface area contributed by atoms with Gasteiger partial charge in [-0.2, -0.15) is 0 Å². The van der Waals surface area contributed by atoms with E-state index in [9.17, 15) is 4.39 Å². The third-order valence-corrected chi connectivity index (χ3v) is 2.48. The summed E-state index contributed by atoms with van der Waals surface area (Å²) in [6.45, 7) is 3.91. The van der Waals surface area contributed by atoms with Crippen molar-refractivity contribution in [2.45, 2.75) is 39.2 Å². The lowest BCUT2D eigenvalue weighted by molar-refractivity contribution is 0.593. The lowest BCUT2D eigenvalue weighted by atomic mass is 10.0. The normalized spacial score (nSPS) is 12.9. The van der Waals surface area contributed by atoms with Crippen LogP contribution in [0, 0.1) is 12.7 Å². The number of benzene rings is 1. The molecule has 1 aromatic carbocycles. The summed E-state index contributed by atoms with van der Waals surface area (Å²) in [5, 5.41) is 0. The van der Waals surface area contributed by atoms with Crippen molar-refractivity contribution in [3.8, 4) is 0 Å². The van der Waals surface area contributed by atoms with Gasteiger partial charge in [0.05, 0.1) is 0 Å². The molecule has 1 nitrogen and oxygen atoms in total. The number of hydrogen-bond donors (Lipinski definition) is 1. The van der Waals surface area contributed by atoms with Gasteiger partial charge in [0, 0.05) is 6.04 Å². The number of rotatable bonds is 4. The molecule has 2 N–H and O–H groups in total. The summed E-state index contributed by atoms with van der Waals surface area (Å²) in [6.07, 6.45) is 3.24. The fourth-order valence-corrected chi connectivity index (χ4v) is 1.49. The monoisotopic (exact) mass is 195 g/mol. The van der Waals surface area contributed by atoms with Crippen LogP contribution in [0.4, 0.5) is 4.39 Å². The SMILES string of the molecule is CCCCC(N)c1ccc(F)c(C)c1. The summed E-state index contributed by atoms with van der Waals surface area (Å²) in [4.78, 5) is 0. The van der Waals surface area contributed by atoms with Crippen LogP contribution in [0.25, 0.3) is 0 Å². The number of aryl methyl sites for hydroxylation is 1. The average molecular weight is 195 g/mol. The highest BCUT2D eigenvalue weighted by atomic mass is 19.1. The number of halogens is 1. The topological polar surface area (TPSA) is 26.0 Å². The fraction of sp³-hybridized carbons (Fsp3) is 0.500. The van der Waals surface area contributed by atoms with E-state index in [1.165, 1.54) is 6.07 Å². The van der Waals surface area contributed by atoms with E-state index >= 15 is 0 Å². The Morgan fingerprint density at radius 2 is 2.14 bits per heavy atom. The van der Waals surface area contributed by atoms with Gasteiger partial charge in [-0.15, -0.1) is 0 Å². The summed E-state index contributed by atoms with van der Waals surface area (Å²) < 4.78 is 13.0. The van der Waals surface area contributed by atoms with Gasteiger partial charge in [-0.3, -0.25) is 0 Å². The standard InChI is InChI=1S/C12H18FN/c1-3-4-5-12(14)10-6-7-11(13)9(2)8-10/h6-8,12H,3-5,14H2,1-2H3. The van der Waals surface area contributed by atoms with Crippen LogP contribution in [0.1, 0.15) is 43.4 Å². The average Bonchev–Trinajstić information content (AvgIpc) is 2.18. The van der Waals surface area contributed by atoms with Gasteiger partial charge in [0.25, 0.3) is 0 Å². The fourth-order valence-electron chi connectivity index (χ4n) is 1.49. The molecule has 0 aliphatic rings. The third kappa shape index (κ3) is 2.81. The lowest BCUT2D eigenvalue weighted by Gasteiger charge is -2.12. The molecule has 0 heterocycles. The summed E-state index contributed by atoms with van der Waals surface area (Å²) in [7, 11) is 0. The number of unbranched alkanes of at least 4 members (excludes halogenated alkanes) is 1. The minimum absolute atomic E-state index is 0.0502. The van der Waals surface area contributed by atoms with E-state index < -0.39 is 0 Å². The minimum Gasteiger partial charge on any atom is -0.324 e. The first-order valence-electron chi connectivity index (χ1n) is 5.16. The van der Waals surface area contributed by atoms with Crippen LogP contribution >= 0.6 is 0 Å². The molecule has 1 aromatic rings. The molecule has 0 aromatic heterocycles. The molecule has 78 valence electrons. The Hall–Kier alpha value is -0.890. The zero-order chi connectivity index (χ0) is 10.6. The van der Waals surface area contributed by atoms with Gasteiger partial charge in [-0.05, 0) is 30.5 Å². The van der Waals surface area contributed by atoms with Crippen molar-refractivity contribution in [1.82, 2.24) is 0 Å². The van der Waals surface area contributed by atoms with Gasteiger partial charge < -0.3 is 5.73 Å². The molecule has 0 spiro atoms. The van der Waals surface area contributed by atoms with Crippen molar-refractivity contribution in [2.24, 2.45) is 5.73 Å². The first-order valence-corrected chi connectivity index (χ1v) is 5.16. The number of hydrogen-bond acceptors (Lipinski definition) is 1. The minimum atomic E-state index is -0.156. The van der Waals surface area contributed by atoms with E-state index in [0.29, 0.717) is 5.56 Å². The van der Waals surface area contributed by atoms with Crippen molar-refractivity contribution in [3.63, 3.8) is 0 Å². The highest BCUT2D eigenvalue weighted by molar-refractivity contribution is 5.26. The molecule has 0 aliphatic heterocycles.